The summed E-state index contributed by atoms with van der Waals surface area (Å²) in [4.78, 5) is 2.38. The van der Waals surface area contributed by atoms with Crippen molar-refractivity contribution in [1.82, 2.24) is 0 Å². The normalized spacial score (nSPS) is 11.5. The van der Waals surface area contributed by atoms with Crippen molar-refractivity contribution >= 4 is 60.5 Å². The van der Waals surface area contributed by atoms with Gasteiger partial charge >= 0.3 is 0 Å². The van der Waals surface area contributed by atoms with Crippen molar-refractivity contribution in [2.24, 2.45) is 0 Å². The molecule has 0 N–H and O–H groups in total. The first-order chi connectivity index (χ1) is 22.8. The molecular weight excluding hydrogens is 558 g/mol. The lowest BCUT2D eigenvalue weighted by molar-refractivity contribution is 0.672. The van der Waals surface area contributed by atoms with E-state index in [1.54, 1.807) is 0 Å². The highest BCUT2D eigenvalue weighted by atomic mass is 16.3. The molecule has 2 heteroatoms. The van der Waals surface area contributed by atoms with Crippen molar-refractivity contribution < 1.29 is 4.42 Å². The zero-order chi connectivity index (χ0) is 30.5. The van der Waals surface area contributed by atoms with E-state index in [4.69, 9.17) is 4.42 Å². The molecule has 0 spiro atoms. The highest BCUT2D eigenvalue weighted by molar-refractivity contribution is 6.19. The van der Waals surface area contributed by atoms with Crippen LogP contribution in [0, 0.1) is 0 Å². The number of benzene rings is 8. The first kappa shape index (κ1) is 26.3. The Balaban J connectivity index is 1.31. The molecule has 9 aromatic rings. The van der Waals surface area contributed by atoms with Crippen molar-refractivity contribution in [1.29, 1.82) is 0 Å². The molecule has 0 aliphatic rings. The summed E-state index contributed by atoms with van der Waals surface area (Å²) in [6, 6.07) is 62.7. The Hall–Kier alpha value is -6.12. The molecule has 0 aliphatic carbocycles. The monoisotopic (exact) mass is 587 g/mol. The van der Waals surface area contributed by atoms with E-state index < -0.39 is 0 Å². The smallest absolute Gasteiger partial charge is 0.143 e. The van der Waals surface area contributed by atoms with Gasteiger partial charge in [-0.2, -0.15) is 0 Å². The number of nitrogens with zero attached hydrogens (tertiary/aromatic N) is 1. The van der Waals surface area contributed by atoms with Gasteiger partial charge in [-0.1, -0.05) is 133 Å². The maximum absolute atomic E-state index is 6.64. The quantitative estimate of drug-likeness (QED) is 0.199. The second-order valence-corrected chi connectivity index (χ2v) is 11.7. The van der Waals surface area contributed by atoms with Crippen LogP contribution in [0.25, 0.3) is 65.7 Å². The summed E-state index contributed by atoms with van der Waals surface area (Å²) in [5.74, 6) is 0. The molecule has 9 rings (SSSR count). The summed E-state index contributed by atoms with van der Waals surface area (Å²) in [7, 11) is 0. The zero-order valence-electron chi connectivity index (χ0n) is 25.1. The van der Waals surface area contributed by atoms with E-state index in [0.717, 1.165) is 44.4 Å². The fourth-order valence-corrected chi connectivity index (χ4v) is 6.89. The molecule has 1 aromatic heterocycles. The van der Waals surface area contributed by atoms with Crippen LogP contribution in [0.1, 0.15) is 0 Å². The van der Waals surface area contributed by atoms with E-state index in [0.29, 0.717) is 0 Å². The van der Waals surface area contributed by atoms with Gasteiger partial charge < -0.3 is 9.32 Å². The van der Waals surface area contributed by atoms with Crippen LogP contribution in [0.5, 0.6) is 0 Å². The van der Waals surface area contributed by atoms with Crippen LogP contribution in [0.2, 0.25) is 0 Å². The predicted octanol–water partition coefficient (Wildman–Crippen LogP) is 12.7. The molecule has 0 amide bonds. The number of furan rings is 1. The van der Waals surface area contributed by atoms with Gasteiger partial charge in [0, 0.05) is 22.1 Å². The highest BCUT2D eigenvalue weighted by Crippen LogP contribution is 2.45. The number of hydrogen-bond donors (Lipinski definition) is 0. The molecule has 1 heterocycles. The van der Waals surface area contributed by atoms with E-state index >= 15 is 0 Å². The maximum atomic E-state index is 6.64. The van der Waals surface area contributed by atoms with Crippen LogP contribution in [0.3, 0.4) is 0 Å². The molecule has 0 atom stereocenters. The van der Waals surface area contributed by atoms with Gasteiger partial charge in [0.1, 0.15) is 11.2 Å². The lowest BCUT2D eigenvalue weighted by atomic mass is 9.97. The van der Waals surface area contributed by atoms with E-state index in [1.165, 1.54) is 38.4 Å². The Morgan fingerprint density at radius 1 is 0.391 bits per heavy atom. The third kappa shape index (κ3) is 4.35. The molecule has 0 unspecified atom stereocenters. The van der Waals surface area contributed by atoms with Crippen LogP contribution < -0.4 is 4.90 Å². The SMILES string of the molecule is c1ccc(-c2cccc(N(c3cccc(-c4cccc5ccccc45)c3)c3cccc4oc5c6ccccc6ccc5c34)c2)cc1. The summed E-state index contributed by atoms with van der Waals surface area (Å²) in [5, 5.41) is 6.99. The molecule has 0 saturated heterocycles. The first-order valence-electron chi connectivity index (χ1n) is 15.7. The molecule has 0 radical (unpaired) electrons. The van der Waals surface area contributed by atoms with Crippen LogP contribution in [-0.2, 0) is 0 Å². The van der Waals surface area contributed by atoms with Crippen LogP contribution in [-0.4, -0.2) is 0 Å². The van der Waals surface area contributed by atoms with Crippen molar-refractivity contribution in [2.75, 3.05) is 4.90 Å². The minimum atomic E-state index is 0.873. The van der Waals surface area contributed by atoms with E-state index in [1.807, 2.05) is 0 Å². The van der Waals surface area contributed by atoms with Gasteiger partial charge in [-0.3, -0.25) is 0 Å². The van der Waals surface area contributed by atoms with Crippen LogP contribution >= 0.6 is 0 Å². The topological polar surface area (TPSA) is 16.4 Å². The minimum absolute atomic E-state index is 0.873. The predicted molar refractivity (Wildman–Crippen MR) is 194 cm³/mol. The molecule has 0 saturated carbocycles. The number of hydrogen-bond acceptors (Lipinski definition) is 2. The third-order valence-corrected chi connectivity index (χ3v) is 9.02. The molecule has 2 nitrogen and oxygen atoms in total. The van der Waals surface area contributed by atoms with Crippen LogP contribution in [0.15, 0.2) is 180 Å². The Morgan fingerprint density at radius 2 is 1.00 bits per heavy atom. The van der Waals surface area contributed by atoms with E-state index in [-0.39, 0.29) is 0 Å². The average molecular weight is 588 g/mol. The molecule has 0 bridgehead atoms. The van der Waals surface area contributed by atoms with E-state index in [2.05, 4.69) is 181 Å². The average Bonchev–Trinajstić information content (AvgIpc) is 3.52. The molecule has 216 valence electrons. The molecule has 46 heavy (non-hydrogen) atoms. The van der Waals surface area contributed by atoms with Gasteiger partial charge in [0.25, 0.3) is 0 Å². The summed E-state index contributed by atoms with van der Waals surface area (Å²) < 4.78 is 6.64. The molecular formula is C44H29NO. The van der Waals surface area contributed by atoms with Gasteiger partial charge in [0.2, 0.25) is 0 Å². The fourth-order valence-electron chi connectivity index (χ4n) is 6.89. The van der Waals surface area contributed by atoms with Gasteiger partial charge in [-0.15, -0.1) is 0 Å². The number of anilines is 3. The second-order valence-electron chi connectivity index (χ2n) is 11.7. The largest absolute Gasteiger partial charge is 0.455 e. The summed E-state index contributed by atoms with van der Waals surface area (Å²) in [6.45, 7) is 0. The van der Waals surface area contributed by atoms with Crippen molar-refractivity contribution in [3.05, 3.63) is 176 Å². The highest BCUT2D eigenvalue weighted by Gasteiger charge is 2.21. The lowest BCUT2D eigenvalue weighted by Crippen LogP contribution is -2.10. The lowest BCUT2D eigenvalue weighted by Gasteiger charge is -2.27. The standard InChI is InChI=1S/C44H29NO/c1-2-12-30(13-3-1)33-17-8-19-35(28-33)45(36-20-9-18-34(29-36)38-23-10-16-31-14-4-6-21-37(31)38)41-24-11-25-42-43(41)40-27-26-32-15-5-7-22-39(32)44(40)46-42/h1-29H. The Labute approximate surface area is 267 Å². The number of rotatable bonds is 5. The van der Waals surface area contributed by atoms with Crippen molar-refractivity contribution in [3.8, 4) is 22.3 Å². The molecule has 8 aromatic carbocycles. The van der Waals surface area contributed by atoms with Crippen LogP contribution in [0.4, 0.5) is 17.1 Å². The zero-order valence-corrected chi connectivity index (χ0v) is 25.1. The fraction of sp³-hybridized carbons (Fsp3) is 0. The van der Waals surface area contributed by atoms with Crippen molar-refractivity contribution in [2.45, 2.75) is 0 Å². The minimum Gasteiger partial charge on any atom is -0.455 e. The Morgan fingerprint density at radius 3 is 1.83 bits per heavy atom. The van der Waals surface area contributed by atoms with Gasteiger partial charge in [0.15, 0.2) is 0 Å². The summed E-state index contributed by atoms with van der Waals surface area (Å²) in [6.07, 6.45) is 0. The summed E-state index contributed by atoms with van der Waals surface area (Å²) in [5.41, 5.74) is 9.78. The van der Waals surface area contributed by atoms with E-state index in [9.17, 15) is 0 Å². The van der Waals surface area contributed by atoms with Gasteiger partial charge in [0.05, 0.1) is 11.1 Å². The van der Waals surface area contributed by atoms with Gasteiger partial charge in [-0.25, -0.2) is 0 Å². The van der Waals surface area contributed by atoms with Gasteiger partial charge in [-0.05, 0) is 80.9 Å². The number of fused-ring (bicyclic) bond motifs is 6. The first-order valence-corrected chi connectivity index (χ1v) is 15.7. The Kier molecular flexibility index (Phi) is 6.17. The van der Waals surface area contributed by atoms with Crippen molar-refractivity contribution in [3.63, 3.8) is 0 Å². The third-order valence-electron chi connectivity index (χ3n) is 9.02. The second kappa shape index (κ2) is 10.8. The summed E-state index contributed by atoms with van der Waals surface area (Å²) >= 11 is 0. The molecule has 0 aliphatic heterocycles. The molecule has 0 fully saturated rings. The maximum Gasteiger partial charge on any atom is 0.143 e. The Bertz CT molecular complexity index is 2540.